The summed E-state index contributed by atoms with van der Waals surface area (Å²) in [6.07, 6.45) is 0.292. The lowest BCUT2D eigenvalue weighted by molar-refractivity contribution is -0.123. The van der Waals surface area contributed by atoms with Crippen molar-refractivity contribution < 1.29 is 14.6 Å². The molecule has 0 fully saturated rings. The van der Waals surface area contributed by atoms with E-state index in [2.05, 4.69) is 5.32 Å². The Morgan fingerprint density at radius 1 is 1.47 bits per heavy atom. The molecule has 0 aliphatic heterocycles. The molecule has 17 heavy (non-hydrogen) atoms. The molecule has 0 aromatic heterocycles. The topological polar surface area (TPSA) is 58.6 Å². The smallest absolute Gasteiger partial charge is 0.257 e. The lowest BCUT2D eigenvalue weighted by Gasteiger charge is -2.12. The molecule has 0 saturated heterocycles. The maximum Gasteiger partial charge on any atom is 0.257 e. The summed E-state index contributed by atoms with van der Waals surface area (Å²) in [7, 11) is 0. The highest BCUT2D eigenvalue weighted by Crippen LogP contribution is 2.24. The maximum absolute atomic E-state index is 11.4. The third kappa shape index (κ3) is 4.44. The molecule has 0 radical (unpaired) electrons. The van der Waals surface area contributed by atoms with Crippen LogP contribution in [0.3, 0.4) is 0 Å². The van der Waals surface area contributed by atoms with Crippen molar-refractivity contribution in [1.82, 2.24) is 5.32 Å². The van der Waals surface area contributed by atoms with Gasteiger partial charge in [0.1, 0.15) is 5.75 Å². The van der Waals surface area contributed by atoms with Crippen molar-refractivity contribution in [2.45, 2.75) is 26.4 Å². The van der Waals surface area contributed by atoms with Gasteiger partial charge in [-0.25, -0.2) is 0 Å². The molecular formula is C13H19NO3. The number of aliphatic hydroxyl groups excluding tert-OH is 1. The van der Waals surface area contributed by atoms with Gasteiger partial charge in [-0.05, 0) is 19.4 Å². The van der Waals surface area contributed by atoms with Crippen LogP contribution in [0.5, 0.6) is 5.75 Å². The molecule has 94 valence electrons. The molecular weight excluding hydrogens is 218 g/mol. The number of amides is 1. The average molecular weight is 237 g/mol. The van der Waals surface area contributed by atoms with E-state index < -0.39 is 6.10 Å². The molecule has 0 heterocycles. The van der Waals surface area contributed by atoms with Gasteiger partial charge in [0.25, 0.3) is 5.91 Å². The van der Waals surface area contributed by atoms with Crippen molar-refractivity contribution >= 4 is 5.91 Å². The van der Waals surface area contributed by atoms with Crippen molar-refractivity contribution in [3.05, 3.63) is 29.8 Å². The highest BCUT2D eigenvalue weighted by molar-refractivity contribution is 5.77. The summed E-state index contributed by atoms with van der Waals surface area (Å²) in [5, 5.41) is 12.3. The Kier molecular flexibility index (Phi) is 5.49. The Labute approximate surface area is 102 Å². The van der Waals surface area contributed by atoms with Crippen LogP contribution in [0.25, 0.3) is 0 Å². The van der Waals surface area contributed by atoms with E-state index in [1.165, 1.54) is 0 Å². The number of carbonyl (C=O) groups excluding carboxylic acids is 1. The van der Waals surface area contributed by atoms with E-state index in [4.69, 9.17) is 4.74 Å². The first-order valence-electron chi connectivity index (χ1n) is 5.81. The van der Waals surface area contributed by atoms with Crippen molar-refractivity contribution in [2.75, 3.05) is 13.2 Å². The van der Waals surface area contributed by atoms with Crippen molar-refractivity contribution in [3.63, 3.8) is 0 Å². The van der Waals surface area contributed by atoms with Crippen LogP contribution >= 0.6 is 0 Å². The number of para-hydroxylation sites is 1. The molecule has 0 saturated carbocycles. The second kappa shape index (κ2) is 6.91. The Morgan fingerprint density at radius 3 is 2.82 bits per heavy atom. The fourth-order valence-corrected chi connectivity index (χ4v) is 1.42. The first-order valence-corrected chi connectivity index (χ1v) is 5.81. The van der Waals surface area contributed by atoms with Crippen LogP contribution in [0.2, 0.25) is 0 Å². The molecule has 4 nitrogen and oxygen atoms in total. The molecule has 1 aromatic carbocycles. The van der Waals surface area contributed by atoms with Crippen molar-refractivity contribution in [1.29, 1.82) is 0 Å². The number of hydrogen-bond acceptors (Lipinski definition) is 3. The number of nitrogens with one attached hydrogen (secondary N) is 1. The van der Waals surface area contributed by atoms with E-state index in [1.54, 1.807) is 19.1 Å². The van der Waals surface area contributed by atoms with Gasteiger partial charge < -0.3 is 15.2 Å². The van der Waals surface area contributed by atoms with Gasteiger partial charge in [0.2, 0.25) is 0 Å². The molecule has 0 unspecified atom stereocenters. The summed E-state index contributed by atoms with van der Waals surface area (Å²) in [5.41, 5.74) is 0.691. The third-order valence-electron chi connectivity index (χ3n) is 2.30. The van der Waals surface area contributed by atoms with Crippen LogP contribution in [0, 0.1) is 0 Å². The van der Waals surface area contributed by atoms with E-state index >= 15 is 0 Å². The average Bonchev–Trinajstić information content (AvgIpc) is 2.34. The zero-order valence-corrected chi connectivity index (χ0v) is 10.3. The quantitative estimate of drug-likeness (QED) is 0.791. The molecule has 0 bridgehead atoms. The number of carbonyl (C=O) groups is 1. The Morgan fingerprint density at radius 2 is 2.18 bits per heavy atom. The summed E-state index contributed by atoms with van der Waals surface area (Å²) in [5.74, 6) is 0.404. The molecule has 0 spiro atoms. The molecule has 1 atom stereocenters. The fourth-order valence-electron chi connectivity index (χ4n) is 1.42. The number of hydrogen-bond donors (Lipinski definition) is 2. The van der Waals surface area contributed by atoms with Crippen molar-refractivity contribution in [2.24, 2.45) is 0 Å². The van der Waals surface area contributed by atoms with Gasteiger partial charge >= 0.3 is 0 Å². The van der Waals surface area contributed by atoms with Gasteiger partial charge in [0.15, 0.2) is 6.61 Å². The predicted molar refractivity (Wildman–Crippen MR) is 65.9 cm³/mol. The number of aliphatic hydroxyl groups is 1. The highest BCUT2D eigenvalue weighted by atomic mass is 16.5. The number of ether oxygens (including phenoxy) is 1. The predicted octanol–water partition coefficient (Wildman–Crippen LogP) is 1.64. The monoisotopic (exact) mass is 237 g/mol. The van der Waals surface area contributed by atoms with Crippen LogP contribution in [-0.4, -0.2) is 24.2 Å². The van der Waals surface area contributed by atoms with Crippen LogP contribution in [0.1, 0.15) is 31.9 Å². The Balaban J connectivity index is 2.54. The summed E-state index contributed by atoms with van der Waals surface area (Å²) in [6, 6.07) is 7.16. The maximum atomic E-state index is 11.4. The molecule has 1 rings (SSSR count). The van der Waals surface area contributed by atoms with Gasteiger partial charge in [-0.2, -0.15) is 0 Å². The molecule has 1 amide bonds. The highest BCUT2D eigenvalue weighted by Gasteiger charge is 2.09. The zero-order chi connectivity index (χ0) is 12.7. The summed E-state index contributed by atoms with van der Waals surface area (Å²) < 4.78 is 5.39. The van der Waals surface area contributed by atoms with E-state index in [0.717, 1.165) is 6.42 Å². The third-order valence-corrected chi connectivity index (χ3v) is 2.30. The minimum atomic E-state index is -0.607. The van der Waals surface area contributed by atoms with Gasteiger partial charge in [0.05, 0.1) is 6.10 Å². The lowest BCUT2D eigenvalue weighted by atomic mass is 10.1. The minimum absolute atomic E-state index is 0.0241. The molecule has 0 aliphatic carbocycles. The summed E-state index contributed by atoms with van der Waals surface area (Å²) >= 11 is 0. The van der Waals surface area contributed by atoms with E-state index in [1.807, 2.05) is 19.1 Å². The largest absolute Gasteiger partial charge is 0.483 e. The van der Waals surface area contributed by atoms with E-state index in [0.29, 0.717) is 17.9 Å². The van der Waals surface area contributed by atoms with Crippen LogP contribution < -0.4 is 10.1 Å². The first-order chi connectivity index (χ1) is 8.15. The van der Waals surface area contributed by atoms with Crippen LogP contribution in [0.15, 0.2) is 24.3 Å². The minimum Gasteiger partial charge on any atom is -0.483 e. The van der Waals surface area contributed by atoms with Crippen LogP contribution in [-0.2, 0) is 4.79 Å². The van der Waals surface area contributed by atoms with Crippen molar-refractivity contribution in [3.8, 4) is 5.75 Å². The lowest BCUT2D eigenvalue weighted by Crippen LogP contribution is -2.29. The van der Waals surface area contributed by atoms with E-state index in [-0.39, 0.29) is 12.5 Å². The molecule has 1 aromatic rings. The number of benzene rings is 1. The summed E-state index contributed by atoms with van der Waals surface area (Å²) in [6.45, 7) is 4.28. The number of rotatable bonds is 6. The van der Waals surface area contributed by atoms with Gasteiger partial charge in [0, 0.05) is 12.1 Å². The summed E-state index contributed by atoms with van der Waals surface area (Å²) in [4.78, 5) is 11.4. The Bertz CT molecular complexity index is 363. The standard InChI is InChI=1S/C13H19NO3/c1-3-8-14-13(16)9-17-12-7-5-4-6-11(12)10(2)15/h4-7,10,15H,3,8-9H2,1-2H3,(H,14,16)/t10-/m1/s1. The van der Waals surface area contributed by atoms with Gasteiger partial charge in [-0.1, -0.05) is 25.1 Å². The van der Waals surface area contributed by atoms with Gasteiger partial charge in [-0.15, -0.1) is 0 Å². The van der Waals surface area contributed by atoms with Gasteiger partial charge in [-0.3, -0.25) is 4.79 Å². The second-order valence-corrected chi connectivity index (χ2v) is 3.85. The first kappa shape index (κ1) is 13.5. The SMILES string of the molecule is CCCNC(=O)COc1ccccc1[C@@H](C)O. The van der Waals surface area contributed by atoms with Crippen LogP contribution in [0.4, 0.5) is 0 Å². The normalized spacial score (nSPS) is 11.9. The second-order valence-electron chi connectivity index (χ2n) is 3.85. The fraction of sp³-hybridized carbons (Fsp3) is 0.462. The zero-order valence-electron chi connectivity index (χ0n) is 10.3. The Hall–Kier alpha value is -1.55. The van der Waals surface area contributed by atoms with E-state index in [9.17, 15) is 9.90 Å². The molecule has 2 N–H and O–H groups in total. The molecule has 0 aliphatic rings. The molecule has 4 heteroatoms.